The van der Waals surface area contributed by atoms with E-state index in [-0.39, 0.29) is 4.65 Å². The zero-order valence-corrected chi connectivity index (χ0v) is 27.7. The number of rotatable bonds is 32. The zero-order valence-electron chi connectivity index (χ0n) is 27.7. The van der Waals surface area contributed by atoms with Crippen molar-refractivity contribution in [3.8, 4) is 0 Å². The van der Waals surface area contributed by atoms with E-state index in [4.69, 9.17) is 9.47 Å². The van der Waals surface area contributed by atoms with Crippen molar-refractivity contribution in [1.29, 1.82) is 0 Å². The van der Waals surface area contributed by atoms with Gasteiger partial charge in [-0.25, -0.2) is 5.21 Å². The van der Waals surface area contributed by atoms with E-state index in [1.54, 1.807) is 0 Å². The lowest BCUT2D eigenvalue weighted by Crippen LogP contribution is -2.62. The first-order chi connectivity index (χ1) is 18.9. The minimum atomic E-state index is -0.663. The van der Waals surface area contributed by atoms with Gasteiger partial charge in [-0.05, 0) is 19.3 Å². The maximum absolute atomic E-state index is 11.0. The quantitative estimate of drug-likeness (QED) is 0.0387. The standard InChI is InChI=1S/C35H74NO3/c1-6-9-11-13-15-17-19-21-23-25-27-29-32-38-34-35(31-8-3,36(4,5)37)39-33-30-28-26-24-22-20-18-16-14-12-10-7-2/h37H,6-34H2,1-5H3/q+1. The van der Waals surface area contributed by atoms with Crippen LogP contribution in [0.4, 0.5) is 0 Å². The average Bonchev–Trinajstić information content (AvgIpc) is 2.90. The van der Waals surface area contributed by atoms with Gasteiger partial charge in [0, 0.05) is 13.0 Å². The molecule has 1 atom stereocenters. The second-order valence-electron chi connectivity index (χ2n) is 12.8. The van der Waals surface area contributed by atoms with Gasteiger partial charge in [0.1, 0.15) is 20.7 Å². The lowest BCUT2D eigenvalue weighted by Gasteiger charge is -2.41. The fourth-order valence-electron chi connectivity index (χ4n) is 5.65. The fourth-order valence-corrected chi connectivity index (χ4v) is 5.65. The molecule has 0 heterocycles. The average molecular weight is 557 g/mol. The van der Waals surface area contributed by atoms with Gasteiger partial charge in [0.2, 0.25) is 0 Å². The molecule has 0 aliphatic rings. The van der Waals surface area contributed by atoms with Gasteiger partial charge in [-0.2, -0.15) is 4.65 Å². The number of ether oxygens (including phenoxy) is 2. The molecule has 0 aliphatic carbocycles. The first-order valence-corrected chi connectivity index (χ1v) is 17.7. The van der Waals surface area contributed by atoms with Crippen LogP contribution in [0.1, 0.15) is 188 Å². The Kier molecular flexibility index (Phi) is 27.9. The van der Waals surface area contributed by atoms with Crippen molar-refractivity contribution in [2.24, 2.45) is 0 Å². The van der Waals surface area contributed by atoms with Crippen molar-refractivity contribution in [3.63, 3.8) is 0 Å². The van der Waals surface area contributed by atoms with Gasteiger partial charge in [-0.3, -0.25) is 0 Å². The third-order valence-corrected chi connectivity index (χ3v) is 8.48. The molecule has 0 aromatic heterocycles. The van der Waals surface area contributed by atoms with Crippen LogP contribution in [0, 0.1) is 0 Å². The van der Waals surface area contributed by atoms with Gasteiger partial charge in [0.25, 0.3) is 5.72 Å². The van der Waals surface area contributed by atoms with E-state index in [0.29, 0.717) is 13.2 Å². The molecule has 0 spiro atoms. The van der Waals surface area contributed by atoms with E-state index >= 15 is 0 Å². The summed E-state index contributed by atoms with van der Waals surface area (Å²) in [6, 6.07) is 0. The molecular weight excluding hydrogens is 482 g/mol. The second-order valence-corrected chi connectivity index (χ2v) is 12.8. The first-order valence-electron chi connectivity index (χ1n) is 17.7. The molecule has 0 rings (SSSR count). The summed E-state index contributed by atoms with van der Waals surface area (Å²) in [7, 11) is 3.68. The van der Waals surface area contributed by atoms with E-state index in [1.165, 1.54) is 141 Å². The summed E-state index contributed by atoms with van der Waals surface area (Å²) in [5.74, 6) is 0. The number of hydrogen-bond acceptors (Lipinski definition) is 3. The van der Waals surface area contributed by atoms with Crippen LogP contribution < -0.4 is 0 Å². The molecule has 1 unspecified atom stereocenters. The summed E-state index contributed by atoms with van der Waals surface area (Å²) in [5, 5.41) is 11.0. The van der Waals surface area contributed by atoms with Crippen LogP contribution in [0.3, 0.4) is 0 Å². The maximum Gasteiger partial charge on any atom is 0.256 e. The molecular formula is C35H74NO3+. The van der Waals surface area contributed by atoms with Gasteiger partial charge >= 0.3 is 0 Å². The third-order valence-electron chi connectivity index (χ3n) is 8.48. The smallest absolute Gasteiger partial charge is 0.256 e. The van der Waals surface area contributed by atoms with Crippen LogP contribution in [0.25, 0.3) is 0 Å². The molecule has 0 fully saturated rings. The number of hydrogen-bond donors (Lipinski definition) is 1. The number of quaternary nitrogens is 1. The molecule has 0 amide bonds. The normalized spacial score (nSPS) is 13.7. The molecule has 1 N–H and O–H groups in total. The van der Waals surface area contributed by atoms with E-state index in [1.807, 2.05) is 14.1 Å². The summed E-state index contributed by atoms with van der Waals surface area (Å²) in [6.07, 6.45) is 34.2. The van der Waals surface area contributed by atoms with Gasteiger partial charge in [-0.1, -0.05) is 162 Å². The number of likely N-dealkylation sites (N-methyl/N-ethyl adjacent to an activating group) is 1. The van der Waals surface area contributed by atoms with Crippen molar-refractivity contribution in [1.82, 2.24) is 0 Å². The summed E-state index contributed by atoms with van der Waals surface area (Å²) in [5.41, 5.74) is -0.663. The largest absolute Gasteiger partial charge is 0.372 e. The summed E-state index contributed by atoms with van der Waals surface area (Å²) in [4.78, 5) is 0. The zero-order chi connectivity index (χ0) is 28.9. The van der Waals surface area contributed by atoms with Crippen molar-refractivity contribution in [3.05, 3.63) is 0 Å². The van der Waals surface area contributed by atoms with Crippen LogP contribution in [-0.4, -0.2) is 49.5 Å². The van der Waals surface area contributed by atoms with Crippen molar-refractivity contribution >= 4 is 0 Å². The van der Waals surface area contributed by atoms with Gasteiger partial charge in [0.15, 0.2) is 0 Å². The van der Waals surface area contributed by atoms with Crippen LogP contribution >= 0.6 is 0 Å². The van der Waals surface area contributed by atoms with E-state index < -0.39 is 5.72 Å². The predicted octanol–water partition coefficient (Wildman–Crippen LogP) is 11.4. The van der Waals surface area contributed by atoms with Crippen LogP contribution in [0.5, 0.6) is 0 Å². The van der Waals surface area contributed by atoms with Crippen molar-refractivity contribution in [2.45, 2.75) is 193 Å². The highest BCUT2D eigenvalue weighted by molar-refractivity contribution is 4.69. The Morgan fingerprint density at radius 3 is 1.13 bits per heavy atom. The maximum atomic E-state index is 11.0. The Morgan fingerprint density at radius 1 is 0.462 bits per heavy atom. The number of hydroxylamine groups is 3. The van der Waals surface area contributed by atoms with Crippen LogP contribution in [-0.2, 0) is 9.47 Å². The Labute approximate surface area is 246 Å². The lowest BCUT2D eigenvalue weighted by molar-refractivity contribution is -1.13. The molecule has 0 aromatic carbocycles. The van der Waals surface area contributed by atoms with Crippen molar-refractivity contribution < 1.29 is 19.3 Å². The third kappa shape index (κ3) is 23.1. The monoisotopic (exact) mass is 557 g/mol. The highest BCUT2D eigenvalue weighted by Crippen LogP contribution is 2.28. The Morgan fingerprint density at radius 2 is 0.795 bits per heavy atom. The van der Waals surface area contributed by atoms with E-state index in [9.17, 15) is 5.21 Å². The highest BCUT2D eigenvalue weighted by atomic mass is 16.6. The first kappa shape index (κ1) is 38.8. The van der Waals surface area contributed by atoms with Gasteiger partial charge in [-0.15, -0.1) is 0 Å². The lowest BCUT2D eigenvalue weighted by atomic mass is 10.0. The number of nitrogens with zero attached hydrogens (tertiary/aromatic N) is 1. The Balaban J connectivity index is 3.96. The van der Waals surface area contributed by atoms with Gasteiger partial charge in [0.05, 0.1) is 6.61 Å². The summed E-state index contributed by atoms with van der Waals surface area (Å²) < 4.78 is 12.4. The van der Waals surface area contributed by atoms with E-state index in [2.05, 4.69) is 20.8 Å². The van der Waals surface area contributed by atoms with Gasteiger partial charge < -0.3 is 9.47 Å². The molecule has 0 bridgehead atoms. The topological polar surface area (TPSA) is 38.7 Å². The minimum absolute atomic E-state index is 0.183. The Hall–Kier alpha value is -0.160. The predicted molar refractivity (Wildman–Crippen MR) is 170 cm³/mol. The molecule has 4 heteroatoms. The molecule has 0 saturated heterocycles. The van der Waals surface area contributed by atoms with Crippen LogP contribution in [0.15, 0.2) is 0 Å². The SMILES string of the molecule is CCCCCCCCCCCCCCOCC(CCC)(OCCCCCCCCCCCCCC)[N+](C)(C)O. The number of unbranched alkanes of at least 4 members (excludes halogenated alkanes) is 22. The molecule has 0 saturated carbocycles. The molecule has 39 heavy (non-hydrogen) atoms. The second kappa shape index (κ2) is 28.0. The minimum Gasteiger partial charge on any atom is -0.372 e. The van der Waals surface area contributed by atoms with E-state index in [0.717, 1.165) is 32.3 Å². The highest BCUT2D eigenvalue weighted by Gasteiger charge is 2.47. The van der Waals surface area contributed by atoms with Crippen LogP contribution in [0.2, 0.25) is 0 Å². The molecule has 236 valence electrons. The van der Waals surface area contributed by atoms with Crippen molar-refractivity contribution in [2.75, 3.05) is 33.9 Å². The molecule has 0 aromatic rings. The molecule has 0 aliphatic heterocycles. The Bertz CT molecular complexity index is 479. The fraction of sp³-hybridized carbons (Fsp3) is 1.00. The summed E-state index contributed by atoms with van der Waals surface area (Å²) >= 11 is 0. The molecule has 0 radical (unpaired) electrons. The molecule has 4 nitrogen and oxygen atoms in total. The summed E-state index contributed by atoms with van der Waals surface area (Å²) in [6.45, 7) is 8.69.